The molecule has 84 valence electrons. The van der Waals surface area contributed by atoms with Crippen molar-refractivity contribution in [2.24, 2.45) is 0 Å². The molecule has 0 bridgehead atoms. The van der Waals surface area contributed by atoms with Crippen molar-refractivity contribution < 1.29 is 4.43 Å². The van der Waals surface area contributed by atoms with Crippen molar-refractivity contribution in [3.05, 3.63) is 35.9 Å². The van der Waals surface area contributed by atoms with Gasteiger partial charge in [-0.1, -0.05) is 43.7 Å². The van der Waals surface area contributed by atoms with E-state index >= 15 is 0 Å². The Balaban J connectivity index is 2.33. The summed E-state index contributed by atoms with van der Waals surface area (Å²) >= 11 is 0. The molecular formula is C13H22OSi. The third-order valence-electron chi connectivity index (χ3n) is 2.61. The molecular weight excluding hydrogens is 200 g/mol. The highest BCUT2D eigenvalue weighted by atomic mass is 28.3. The molecule has 1 unspecified atom stereocenters. The quantitative estimate of drug-likeness (QED) is 0.643. The second-order valence-electron chi connectivity index (χ2n) is 3.89. The van der Waals surface area contributed by atoms with Gasteiger partial charge >= 0.3 is 0 Å². The molecule has 0 aliphatic carbocycles. The first-order valence-corrected chi connectivity index (χ1v) is 8.12. The zero-order valence-corrected chi connectivity index (χ0v) is 11.1. The molecule has 1 aromatic rings. The summed E-state index contributed by atoms with van der Waals surface area (Å²) in [5.41, 5.74) is 1.45. The van der Waals surface area contributed by atoms with Crippen molar-refractivity contribution in [2.45, 2.75) is 38.8 Å². The first-order valence-electron chi connectivity index (χ1n) is 6.02. The van der Waals surface area contributed by atoms with Crippen LogP contribution in [0.25, 0.3) is 0 Å². The smallest absolute Gasteiger partial charge is 0.177 e. The topological polar surface area (TPSA) is 9.23 Å². The molecule has 0 radical (unpaired) electrons. The summed E-state index contributed by atoms with van der Waals surface area (Å²) in [4.78, 5) is 0. The fourth-order valence-corrected chi connectivity index (χ4v) is 4.23. The number of benzene rings is 1. The molecule has 0 aromatic heterocycles. The van der Waals surface area contributed by atoms with Crippen LogP contribution in [0.3, 0.4) is 0 Å². The van der Waals surface area contributed by atoms with Gasteiger partial charge in [0.25, 0.3) is 0 Å². The van der Waals surface area contributed by atoms with E-state index in [1.165, 1.54) is 30.5 Å². The largest absolute Gasteiger partial charge is 0.420 e. The minimum atomic E-state index is -0.904. The van der Waals surface area contributed by atoms with E-state index in [0.29, 0.717) is 0 Å². The van der Waals surface area contributed by atoms with Crippen LogP contribution in [0, 0.1) is 0 Å². The monoisotopic (exact) mass is 222 g/mol. The van der Waals surface area contributed by atoms with Gasteiger partial charge in [-0.05, 0) is 31.0 Å². The van der Waals surface area contributed by atoms with Gasteiger partial charge in [-0.2, -0.15) is 0 Å². The van der Waals surface area contributed by atoms with E-state index in [0.717, 1.165) is 6.61 Å². The molecule has 0 heterocycles. The Morgan fingerprint density at radius 2 is 1.80 bits per heavy atom. The summed E-state index contributed by atoms with van der Waals surface area (Å²) in [7, 11) is -0.904. The zero-order chi connectivity index (χ0) is 10.9. The minimum absolute atomic E-state index is 0.895. The fraction of sp³-hybridized carbons (Fsp3) is 0.538. The highest BCUT2D eigenvalue weighted by Gasteiger charge is 2.09. The Bertz CT molecular complexity index is 242. The third kappa shape index (κ3) is 5.14. The minimum Gasteiger partial charge on any atom is -0.420 e. The Hall–Kier alpha value is -0.603. The molecule has 2 heteroatoms. The lowest BCUT2D eigenvalue weighted by atomic mass is 10.2. The van der Waals surface area contributed by atoms with Gasteiger partial charge in [0.15, 0.2) is 9.04 Å². The van der Waals surface area contributed by atoms with Crippen LogP contribution in [-0.2, 0) is 10.8 Å². The van der Waals surface area contributed by atoms with Crippen LogP contribution in [0.15, 0.2) is 30.3 Å². The van der Waals surface area contributed by atoms with Gasteiger partial charge in [0.1, 0.15) is 0 Å². The van der Waals surface area contributed by atoms with Crippen LogP contribution in [0.2, 0.25) is 12.1 Å². The second kappa shape index (κ2) is 7.66. The maximum Gasteiger partial charge on any atom is 0.177 e. The molecule has 0 fully saturated rings. The van der Waals surface area contributed by atoms with Crippen LogP contribution in [0.4, 0.5) is 0 Å². The van der Waals surface area contributed by atoms with Crippen LogP contribution < -0.4 is 0 Å². The first-order chi connectivity index (χ1) is 7.36. The summed E-state index contributed by atoms with van der Waals surface area (Å²) in [6, 6.07) is 13.3. The second-order valence-corrected chi connectivity index (χ2v) is 6.62. The van der Waals surface area contributed by atoms with E-state index < -0.39 is 9.04 Å². The molecule has 0 saturated heterocycles. The van der Waals surface area contributed by atoms with Crippen molar-refractivity contribution in [1.82, 2.24) is 0 Å². The summed E-state index contributed by atoms with van der Waals surface area (Å²) in [5, 5.41) is 0. The molecule has 0 aliphatic rings. The Morgan fingerprint density at radius 3 is 2.40 bits per heavy atom. The van der Waals surface area contributed by atoms with Crippen molar-refractivity contribution in [3.63, 3.8) is 0 Å². The Morgan fingerprint density at radius 1 is 1.07 bits per heavy atom. The highest BCUT2D eigenvalue weighted by molar-refractivity contribution is 6.51. The number of aryl methyl sites for hydroxylation is 1. The fourth-order valence-electron chi connectivity index (χ4n) is 1.84. The van der Waals surface area contributed by atoms with Gasteiger partial charge < -0.3 is 4.43 Å². The van der Waals surface area contributed by atoms with Crippen LogP contribution in [0.5, 0.6) is 0 Å². The average Bonchev–Trinajstić information content (AvgIpc) is 2.28. The average molecular weight is 222 g/mol. The maximum atomic E-state index is 5.84. The lowest BCUT2D eigenvalue weighted by Crippen LogP contribution is -2.18. The van der Waals surface area contributed by atoms with Crippen LogP contribution in [0.1, 0.15) is 25.8 Å². The molecule has 0 saturated carbocycles. The zero-order valence-electron chi connectivity index (χ0n) is 9.91. The predicted octanol–water partition coefficient (Wildman–Crippen LogP) is 3.40. The molecule has 0 amide bonds. The third-order valence-corrected chi connectivity index (χ3v) is 5.57. The van der Waals surface area contributed by atoms with Crippen molar-refractivity contribution in [1.29, 1.82) is 0 Å². The molecule has 0 N–H and O–H groups in total. The first kappa shape index (κ1) is 12.5. The summed E-state index contributed by atoms with van der Waals surface area (Å²) in [6.07, 6.45) is 2.46. The van der Waals surface area contributed by atoms with Crippen LogP contribution >= 0.6 is 0 Å². The predicted molar refractivity (Wildman–Crippen MR) is 68.8 cm³/mol. The van der Waals surface area contributed by atoms with E-state index in [2.05, 4.69) is 44.2 Å². The molecule has 1 rings (SSSR count). The normalized spacial score (nSPS) is 12.7. The van der Waals surface area contributed by atoms with E-state index in [1.807, 2.05) is 0 Å². The SMILES string of the molecule is CCC[SiH](CCc1ccccc1)OCC. The summed E-state index contributed by atoms with van der Waals surface area (Å²) in [6.45, 7) is 5.26. The molecule has 1 nitrogen and oxygen atoms in total. The summed E-state index contributed by atoms with van der Waals surface area (Å²) < 4.78 is 5.84. The van der Waals surface area contributed by atoms with Gasteiger partial charge in [-0.25, -0.2) is 0 Å². The Labute approximate surface area is 95.2 Å². The number of hydrogen-bond acceptors (Lipinski definition) is 1. The van der Waals surface area contributed by atoms with E-state index in [1.54, 1.807) is 0 Å². The molecule has 1 atom stereocenters. The van der Waals surface area contributed by atoms with Gasteiger partial charge in [-0.15, -0.1) is 0 Å². The van der Waals surface area contributed by atoms with Crippen LogP contribution in [-0.4, -0.2) is 15.6 Å². The number of hydrogen-bond donors (Lipinski definition) is 0. The van der Waals surface area contributed by atoms with Crippen molar-refractivity contribution in [2.75, 3.05) is 6.61 Å². The molecule has 0 aliphatic heterocycles. The highest BCUT2D eigenvalue weighted by Crippen LogP contribution is 2.10. The Kier molecular flexibility index (Phi) is 6.36. The maximum absolute atomic E-state index is 5.84. The van der Waals surface area contributed by atoms with Crippen molar-refractivity contribution >= 4 is 9.04 Å². The van der Waals surface area contributed by atoms with Gasteiger partial charge in [0.2, 0.25) is 0 Å². The van der Waals surface area contributed by atoms with Gasteiger partial charge in [0, 0.05) is 6.61 Å². The lowest BCUT2D eigenvalue weighted by Gasteiger charge is -2.14. The van der Waals surface area contributed by atoms with Gasteiger partial charge in [-0.3, -0.25) is 0 Å². The molecule has 0 spiro atoms. The van der Waals surface area contributed by atoms with E-state index in [9.17, 15) is 0 Å². The van der Waals surface area contributed by atoms with Crippen molar-refractivity contribution in [3.8, 4) is 0 Å². The number of rotatable bonds is 7. The standard InChI is InChI=1S/C13H22OSi/c1-3-11-15(14-4-2)12-10-13-8-6-5-7-9-13/h5-9,15H,3-4,10-12H2,1-2H3. The molecule has 1 aromatic carbocycles. The van der Waals surface area contributed by atoms with Gasteiger partial charge in [0.05, 0.1) is 0 Å². The molecule has 15 heavy (non-hydrogen) atoms. The lowest BCUT2D eigenvalue weighted by molar-refractivity contribution is 0.340. The summed E-state index contributed by atoms with van der Waals surface area (Å²) in [5.74, 6) is 0. The van der Waals surface area contributed by atoms with E-state index in [4.69, 9.17) is 4.43 Å². The van der Waals surface area contributed by atoms with E-state index in [-0.39, 0.29) is 0 Å².